The van der Waals surface area contributed by atoms with Crippen molar-refractivity contribution in [2.24, 2.45) is 11.8 Å². The van der Waals surface area contributed by atoms with Gasteiger partial charge in [0.2, 0.25) is 0 Å². The standard InChI is InChI=1S/C12H25O4P/c1-9(2)6-15-11(5)17(14)8-12(13)16-7-10(3)4/h9-11,17H,6-8H2,1-5H3. The molecule has 4 nitrogen and oxygen atoms in total. The fraction of sp³-hybridized carbons (Fsp3) is 0.917. The van der Waals surface area contributed by atoms with E-state index in [1.165, 1.54) is 0 Å². The van der Waals surface area contributed by atoms with Gasteiger partial charge in [0.05, 0.1) is 12.8 Å². The molecule has 2 atom stereocenters. The minimum Gasteiger partial charge on any atom is -0.465 e. The van der Waals surface area contributed by atoms with Gasteiger partial charge in [0.25, 0.3) is 0 Å². The van der Waals surface area contributed by atoms with Crippen molar-refractivity contribution in [2.75, 3.05) is 19.4 Å². The van der Waals surface area contributed by atoms with Gasteiger partial charge >= 0.3 is 5.97 Å². The molecule has 2 unspecified atom stereocenters. The summed E-state index contributed by atoms with van der Waals surface area (Å²) in [6, 6.07) is 0. The highest BCUT2D eigenvalue weighted by atomic mass is 31.1. The van der Waals surface area contributed by atoms with Gasteiger partial charge in [-0.25, -0.2) is 0 Å². The van der Waals surface area contributed by atoms with Crippen LogP contribution in [0.4, 0.5) is 0 Å². The molecule has 0 aromatic rings. The van der Waals surface area contributed by atoms with Gasteiger partial charge in [-0.1, -0.05) is 27.7 Å². The Morgan fingerprint density at radius 3 is 2.06 bits per heavy atom. The molecule has 0 aliphatic carbocycles. The van der Waals surface area contributed by atoms with E-state index in [9.17, 15) is 9.36 Å². The van der Waals surface area contributed by atoms with Crippen LogP contribution in [0, 0.1) is 11.8 Å². The normalized spacial score (nSPS) is 15.0. The maximum atomic E-state index is 11.8. The van der Waals surface area contributed by atoms with E-state index >= 15 is 0 Å². The monoisotopic (exact) mass is 264 g/mol. The number of rotatable bonds is 8. The lowest BCUT2D eigenvalue weighted by atomic mass is 10.2. The summed E-state index contributed by atoms with van der Waals surface area (Å²) in [5.41, 5.74) is 0. The summed E-state index contributed by atoms with van der Waals surface area (Å²) < 4.78 is 22.2. The third kappa shape index (κ3) is 9.37. The maximum absolute atomic E-state index is 11.8. The summed E-state index contributed by atoms with van der Waals surface area (Å²) in [6.07, 6.45) is -0.0172. The first-order chi connectivity index (χ1) is 7.82. The van der Waals surface area contributed by atoms with Gasteiger partial charge in [0, 0.05) is 6.61 Å². The molecule has 0 fully saturated rings. The smallest absolute Gasteiger partial charge is 0.313 e. The molecule has 0 heterocycles. The molecular formula is C12H25O4P. The van der Waals surface area contributed by atoms with Crippen LogP contribution in [0.15, 0.2) is 0 Å². The Morgan fingerprint density at radius 1 is 1.06 bits per heavy atom. The second-order valence-electron chi connectivity index (χ2n) is 5.09. The third-order valence-corrected chi connectivity index (χ3v) is 3.74. The fourth-order valence-electron chi connectivity index (χ4n) is 1.03. The number of carbonyl (C=O) groups excluding carboxylic acids is 1. The van der Waals surface area contributed by atoms with Gasteiger partial charge in [-0.15, -0.1) is 0 Å². The van der Waals surface area contributed by atoms with Crippen molar-refractivity contribution >= 4 is 13.8 Å². The Labute approximate surface area is 105 Å². The Bertz CT molecular complexity index is 251. The molecule has 0 amide bonds. The summed E-state index contributed by atoms with van der Waals surface area (Å²) in [4.78, 5) is 11.3. The third-order valence-electron chi connectivity index (χ3n) is 2.03. The zero-order valence-electron chi connectivity index (χ0n) is 11.5. The van der Waals surface area contributed by atoms with Crippen LogP contribution in [-0.4, -0.2) is 31.2 Å². The van der Waals surface area contributed by atoms with Crippen LogP contribution in [0.25, 0.3) is 0 Å². The van der Waals surface area contributed by atoms with Gasteiger partial charge < -0.3 is 14.0 Å². The van der Waals surface area contributed by atoms with Crippen molar-refractivity contribution in [1.82, 2.24) is 0 Å². The van der Waals surface area contributed by atoms with E-state index < -0.39 is 7.80 Å². The van der Waals surface area contributed by atoms with Crippen LogP contribution < -0.4 is 0 Å². The Morgan fingerprint density at radius 2 is 1.59 bits per heavy atom. The molecule has 0 rings (SSSR count). The average Bonchev–Trinajstić information content (AvgIpc) is 2.22. The van der Waals surface area contributed by atoms with Crippen molar-refractivity contribution in [2.45, 2.75) is 40.5 Å². The lowest BCUT2D eigenvalue weighted by Gasteiger charge is -2.14. The number of carbonyl (C=O) groups is 1. The van der Waals surface area contributed by atoms with Gasteiger partial charge in [-0.3, -0.25) is 4.79 Å². The highest BCUT2D eigenvalue weighted by molar-refractivity contribution is 7.46. The van der Waals surface area contributed by atoms with Crippen molar-refractivity contribution < 1.29 is 18.8 Å². The van der Waals surface area contributed by atoms with Crippen LogP contribution in [0.5, 0.6) is 0 Å². The molecule has 0 aliphatic heterocycles. The highest BCUT2D eigenvalue weighted by Gasteiger charge is 2.17. The Kier molecular flexibility index (Phi) is 8.53. The van der Waals surface area contributed by atoms with Crippen molar-refractivity contribution in [3.63, 3.8) is 0 Å². The van der Waals surface area contributed by atoms with Gasteiger partial charge in [0.1, 0.15) is 13.6 Å². The molecule has 0 bridgehead atoms. The second kappa shape index (κ2) is 8.71. The Balaban J connectivity index is 3.86. The molecule has 0 aromatic heterocycles. The lowest BCUT2D eigenvalue weighted by Crippen LogP contribution is -2.16. The van der Waals surface area contributed by atoms with Crippen LogP contribution in [0.1, 0.15) is 34.6 Å². The van der Waals surface area contributed by atoms with E-state index in [4.69, 9.17) is 9.47 Å². The van der Waals surface area contributed by atoms with E-state index in [0.29, 0.717) is 25.0 Å². The average molecular weight is 264 g/mol. The van der Waals surface area contributed by atoms with E-state index in [-0.39, 0.29) is 18.0 Å². The first kappa shape index (κ1) is 16.7. The quantitative estimate of drug-likeness (QED) is 0.499. The van der Waals surface area contributed by atoms with Crippen LogP contribution in [0.3, 0.4) is 0 Å². The molecule has 102 valence electrons. The van der Waals surface area contributed by atoms with Gasteiger partial charge in [-0.05, 0) is 18.8 Å². The molecule has 0 spiro atoms. The summed E-state index contributed by atoms with van der Waals surface area (Å²) in [6.45, 7) is 10.7. The topological polar surface area (TPSA) is 52.6 Å². The van der Waals surface area contributed by atoms with Gasteiger partial charge in [0.15, 0.2) is 0 Å². The molecular weight excluding hydrogens is 239 g/mol. The van der Waals surface area contributed by atoms with Crippen LogP contribution in [0.2, 0.25) is 0 Å². The highest BCUT2D eigenvalue weighted by Crippen LogP contribution is 2.28. The largest absolute Gasteiger partial charge is 0.465 e. The molecule has 0 saturated heterocycles. The molecule has 0 radical (unpaired) electrons. The number of esters is 1. The molecule has 0 aliphatic rings. The second-order valence-corrected chi connectivity index (χ2v) is 7.19. The van der Waals surface area contributed by atoms with Crippen LogP contribution in [-0.2, 0) is 18.8 Å². The minimum atomic E-state index is -2.06. The van der Waals surface area contributed by atoms with Crippen molar-refractivity contribution in [3.05, 3.63) is 0 Å². The van der Waals surface area contributed by atoms with E-state index in [2.05, 4.69) is 0 Å². The first-order valence-electron chi connectivity index (χ1n) is 6.12. The first-order valence-corrected chi connectivity index (χ1v) is 7.82. The zero-order valence-corrected chi connectivity index (χ0v) is 12.5. The predicted octanol–water partition coefficient (Wildman–Crippen LogP) is 2.76. The summed E-state index contributed by atoms with van der Waals surface area (Å²) in [7, 11) is -2.06. The lowest BCUT2D eigenvalue weighted by molar-refractivity contribution is -0.141. The molecule has 0 aromatic carbocycles. The fourth-order valence-corrected chi connectivity index (χ4v) is 1.98. The SMILES string of the molecule is CC(C)COC(=O)C[PH](=O)C(C)OCC(C)C. The summed E-state index contributed by atoms with van der Waals surface area (Å²) in [5.74, 6) is -0.0346. The maximum Gasteiger partial charge on any atom is 0.313 e. The van der Waals surface area contributed by atoms with E-state index in [1.807, 2.05) is 27.7 Å². The predicted molar refractivity (Wildman–Crippen MR) is 69.9 cm³/mol. The van der Waals surface area contributed by atoms with Crippen molar-refractivity contribution in [3.8, 4) is 0 Å². The zero-order chi connectivity index (χ0) is 13.4. The van der Waals surface area contributed by atoms with Gasteiger partial charge in [-0.2, -0.15) is 0 Å². The molecule has 17 heavy (non-hydrogen) atoms. The van der Waals surface area contributed by atoms with E-state index in [1.54, 1.807) is 6.92 Å². The number of hydrogen-bond acceptors (Lipinski definition) is 4. The minimum absolute atomic E-state index is 0.0172. The molecule has 0 N–H and O–H groups in total. The van der Waals surface area contributed by atoms with E-state index in [0.717, 1.165) is 0 Å². The van der Waals surface area contributed by atoms with Crippen molar-refractivity contribution in [1.29, 1.82) is 0 Å². The summed E-state index contributed by atoms with van der Waals surface area (Å²) >= 11 is 0. The Hall–Kier alpha value is -0.340. The molecule has 0 saturated carbocycles. The number of hydrogen-bond donors (Lipinski definition) is 0. The summed E-state index contributed by atoms with van der Waals surface area (Å²) in [5, 5.41) is 0. The number of ether oxygens (including phenoxy) is 2. The van der Waals surface area contributed by atoms with Crippen LogP contribution >= 0.6 is 7.80 Å². The molecule has 5 heteroatoms.